The van der Waals surface area contributed by atoms with Crippen molar-refractivity contribution < 1.29 is 24.2 Å². The lowest BCUT2D eigenvalue weighted by molar-refractivity contribution is -0.139. The van der Waals surface area contributed by atoms with Gasteiger partial charge in [0, 0.05) is 50.3 Å². The number of para-hydroxylation sites is 1. The van der Waals surface area contributed by atoms with Crippen LogP contribution in [0.15, 0.2) is 30.3 Å². The summed E-state index contributed by atoms with van der Waals surface area (Å²) < 4.78 is 4.86. The van der Waals surface area contributed by atoms with Gasteiger partial charge in [0.05, 0.1) is 29.8 Å². The van der Waals surface area contributed by atoms with Gasteiger partial charge >= 0.3 is 0 Å². The summed E-state index contributed by atoms with van der Waals surface area (Å²) in [6.45, 7) is 5.10. The van der Waals surface area contributed by atoms with Gasteiger partial charge in [0.2, 0.25) is 17.7 Å². The Balaban J connectivity index is 1.32. The highest BCUT2D eigenvalue weighted by atomic mass is 32.2. The number of amides is 3. The lowest BCUT2D eigenvalue weighted by Crippen LogP contribution is -2.54. The predicted octanol–water partition coefficient (Wildman–Crippen LogP) is 1.72. The van der Waals surface area contributed by atoms with E-state index in [0.717, 1.165) is 63.8 Å². The molecule has 5 atom stereocenters. The van der Waals surface area contributed by atoms with Gasteiger partial charge < -0.3 is 25.4 Å². The van der Waals surface area contributed by atoms with E-state index < -0.39 is 22.6 Å². The van der Waals surface area contributed by atoms with E-state index in [2.05, 4.69) is 15.5 Å². The third kappa shape index (κ3) is 5.46. The van der Waals surface area contributed by atoms with Crippen LogP contribution >= 0.6 is 11.8 Å². The first-order chi connectivity index (χ1) is 18.5. The lowest BCUT2D eigenvalue weighted by atomic mass is 9.70. The van der Waals surface area contributed by atoms with Crippen LogP contribution in [0.25, 0.3) is 0 Å². The van der Waals surface area contributed by atoms with Crippen molar-refractivity contribution in [3.05, 3.63) is 30.3 Å². The molecule has 3 amide bonds. The van der Waals surface area contributed by atoms with Crippen LogP contribution in [0.4, 0.5) is 5.69 Å². The molecule has 4 aliphatic heterocycles. The highest BCUT2D eigenvalue weighted by Gasteiger charge is 2.73. The number of fused-ring (bicyclic) bond motifs is 1. The predicted molar refractivity (Wildman–Crippen MR) is 147 cm³/mol. The lowest BCUT2D eigenvalue weighted by Gasteiger charge is -2.34. The summed E-state index contributed by atoms with van der Waals surface area (Å²) in [5.74, 6) is -1.19. The number of hydrogen-bond donors (Lipinski definition) is 3. The Morgan fingerprint density at radius 2 is 1.82 bits per heavy atom. The Morgan fingerprint density at radius 3 is 2.58 bits per heavy atom. The number of nitrogens with one attached hydrogen (secondary N) is 2. The average Bonchev–Trinajstić information content (AvgIpc) is 3.57. The van der Waals surface area contributed by atoms with Crippen molar-refractivity contribution in [2.24, 2.45) is 11.8 Å². The molecule has 1 aromatic rings. The Hall–Kier alpha value is -2.14. The zero-order chi connectivity index (χ0) is 26.5. The van der Waals surface area contributed by atoms with E-state index >= 15 is 0 Å². The summed E-state index contributed by atoms with van der Waals surface area (Å²) in [7, 11) is 0. The first kappa shape index (κ1) is 27.4. The number of thioether (sulfide) groups is 1. The molecule has 1 aromatic carbocycles. The zero-order valence-electron chi connectivity index (χ0n) is 22.0. The number of unbranched alkanes of at least 4 members (excludes halogenated alkanes) is 3. The number of nitrogens with zero attached hydrogens (tertiary/aromatic N) is 2. The standard InChI is InChI=1S/C28H40N4O5S/c33-17-7-2-1-6-13-32-24(26(35)29-12-14-31-15-18-37-19-16-31)28-11-10-21(38-28)22(23(28)27(32)36)25(34)30-20-8-4-3-5-9-20/h3-5,8-9,21-24,33H,1-2,6-7,10-19H2,(H,29,35)(H,30,34)/t21-,22+,23-,24?,28?/m0/s1. The Labute approximate surface area is 229 Å². The van der Waals surface area contributed by atoms with Crippen LogP contribution in [0.3, 0.4) is 0 Å². The van der Waals surface area contributed by atoms with Gasteiger partial charge in [-0.1, -0.05) is 31.0 Å². The van der Waals surface area contributed by atoms with Crippen LogP contribution in [0.1, 0.15) is 38.5 Å². The number of morpholine rings is 1. The summed E-state index contributed by atoms with van der Waals surface area (Å²) in [5, 5.41) is 15.3. The molecule has 2 bridgehead atoms. The number of benzene rings is 1. The third-order valence-electron chi connectivity index (χ3n) is 8.53. The van der Waals surface area contributed by atoms with E-state index in [-0.39, 0.29) is 29.6 Å². The maximum Gasteiger partial charge on any atom is 0.244 e. The van der Waals surface area contributed by atoms with Gasteiger partial charge in [-0.15, -0.1) is 11.8 Å². The van der Waals surface area contributed by atoms with Crippen molar-refractivity contribution in [2.45, 2.75) is 54.6 Å². The van der Waals surface area contributed by atoms with Crippen LogP contribution < -0.4 is 10.6 Å². The summed E-state index contributed by atoms with van der Waals surface area (Å²) in [6.07, 6.45) is 4.91. The second kappa shape index (κ2) is 12.4. The molecule has 0 aromatic heterocycles. The minimum atomic E-state index is -0.563. The van der Waals surface area contributed by atoms with Gasteiger partial charge in [0.1, 0.15) is 6.04 Å². The topological polar surface area (TPSA) is 111 Å². The molecule has 5 rings (SSSR count). The SMILES string of the molecule is O=C(NCCN1CCOCC1)C1N(CCCCCCO)C(=O)[C@@H]2[C@H](C(=O)Nc3ccccc3)[C@@H]3CCC12S3. The summed E-state index contributed by atoms with van der Waals surface area (Å²) in [4.78, 5) is 45.3. The molecule has 0 saturated carbocycles. The summed E-state index contributed by atoms with van der Waals surface area (Å²) in [6, 6.07) is 8.81. The Morgan fingerprint density at radius 1 is 1.05 bits per heavy atom. The van der Waals surface area contributed by atoms with Crippen LogP contribution in [0.5, 0.6) is 0 Å². The highest BCUT2D eigenvalue weighted by molar-refractivity contribution is 8.02. The Bertz CT molecular complexity index is 991. The van der Waals surface area contributed by atoms with E-state index in [1.807, 2.05) is 30.3 Å². The molecule has 9 nitrogen and oxygen atoms in total. The fraction of sp³-hybridized carbons (Fsp3) is 0.679. The molecule has 4 heterocycles. The fourth-order valence-corrected chi connectivity index (χ4v) is 8.97. The molecule has 2 unspecified atom stereocenters. The van der Waals surface area contributed by atoms with Crippen LogP contribution in [0, 0.1) is 11.8 Å². The van der Waals surface area contributed by atoms with Crippen molar-refractivity contribution in [1.82, 2.24) is 15.1 Å². The van der Waals surface area contributed by atoms with Crippen molar-refractivity contribution >= 4 is 35.2 Å². The maximum absolute atomic E-state index is 14.0. The van der Waals surface area contributed by atoms with Crippen LogP contribution in [0.2, 0.25) is 0 Å². The number of anilines is 1. The van der Waals surface area contributed by atoms with Crippen molar-refractivity contribution in [3.8, 4) is 0 Å². The fourth-order valence-electron chi connectivity index (χ4n) is 6.75. The van der Waals surface area contributed by atoms with Gasteiger partial charge in [-0.2, -0.15) is 0 Å². The first-order valence-electron chi connectivity index (χ1n) is 14.1. The van der Waals surface area contributed by atoms with E-state index in [1.165, 1.54) is 0 Å². The molecule has 1 spiro atoms. The zero-order valence-corrected chi connectivity index (χ0v) is 22.8. The van der Waals surface area contributed by atoms with Crippen molar-refractivity contribution in [1.29, 1.82) is 0 Å². The highest BCUT2D eigenvalue weighted by Crippen LogP contribution is 2.66. The van der Waals surface area contributed by atoms with Gasteiger partial charge in [-0.05, 0) is 37.8 Å². The van der Waals surface area contributed by atoms with Gasteiger partial charge in [0.25, 0.3) is 0 Å². The summed E-state index contributed by atoms with van der Waals surface area (Å²) in [5.41, 5.74) is 0.725. The normalized spacial score (nSPS) is 30.4. The minimum Gasteiger partial charge on any atom is -0.396 e. The molecular formula is C28H40N4O5S. The molecule has 3 N–H and O–H groups in total. The number of rotatable bonds is 12. The average molecular weight is 545 g/mol. The van der Waals surface area contributed by atoms with Crippen molar-refractivity contribution in [3.63, 3.8) is 0 Å². The second-order valence-electron chi connectivity index (χ2n) is 10.8. The van der Waals surface area contributed by atoms with E-state index in [9.17, 15) is 14.4 Å². The molecule has 0 aliphatic carbocycles. The van der Waals surface area contributed by atoms with Crippen LogP contribution in [-0.4, -0.2) is 101 Å². The number of carbonyl (C=O) groups excluding carboxylic acids is 3. The van der Waals surface area contributed by atoms with E-state index in [1.54, 1.807) is 16.7 Å². The first-order valence-corrected chi connectivity index (χ1v) is 15.0. The minimum absolute atomic E-state index is 0.0445. The number of aliphatic hydroxyl groups is 1. The van der Waals surface area contributed by atoms with Crippen LogP contribution in [-0.2, 0) is 19.1 Å². The molecular weight excluding hydrogens is 504 g/mol. The van der Waals surface area contributed by atoms with Gasteiger partial charge in [-0.25, -0.2) is 0 Å². The summed E-state index contributed by atoms with van der Waals surface area (Å²) >= 11 is 1.71. The Kier molecular flexibility index (Phi) is 8.92. The monoisotopic (exact) mass is 544 g/mol. The number of hydrogen-bond acceptors (Lipinski definition) is 7. The third-order valence-corrected chi connectivity index (χ3v) is 10.5. The quantitative estimate of drug-likeness (QED) is 0.344. The van der Waals surface area contributed by atoms with Gasteiger partial charge in [-0.3, -0.25) is 19.3 Å². The number of carbonyl (C=O) groups is 3. The molecule has 4 saturated heterocycles. The molecule has 4 fully saturated rings. The van der Waals surface area contributed by atoms with Crippen molar-refractivity contribution in [2.75, 3.05) is 57.9 Å². The maximum atomic E-state index is 14.0. The van der Waals surface area contributed by atoms with E-state index in [0.29, 0.717) is 26.3 Å². The smallest absolute Gasteiger partial charge is 0.244 e. The second-order valence-corrected chi connectivity index (χ2v) is 12.4. The van der Waals surface area contributed by atoms with Gasteiger partial charge in [0.15, 0.2) is 0 Å². The number of aliphatic hydroxyl groups excluding tert-OH is 1. The molecule has 38 heavy (non-hydrogen) atoms. The number of likely N-dealkylation sites (tertiary alicyclic amines) is 1. The molecule has 4 aliphatic rings. The molecule has 10 heteroatoms. The molecule has 208 valence electrons. The number of ether oxygens (including phenoxy) is 1. The van der Waals surface area contributed by atoms with E-state index in [4.69, 9.17) is 9.84 Å². The molecule has 0 radical (unpaired) electrons. The largest absolute Gasteiger partial charge is 0.396 e.